The minimum absolute atomic E-state index is 0.0774. The van der Waals surface area contributed by atoms with E-state index in [1.807, 2.05) is 36.0 Å². The van der Waals surface area contributed by atoms with Crippen molar-refractivity contribution in [3.8, 4) is 0 Å². The summed E-state index contributed by atoms with van der Waals surface area (Å²) >= 11 is 1.97. The van der Waals surface area contributed by atoms with Crippen LogP contribution >= 0.6 is 11.8 Å². The van der Waals surface area contributed by atoms with Gasteiger partial charge in [-0.3, -0.25) is 0 Å². The van der Waals surface area contributed by atoms with Crippen molar-refractivity contribution in [2.45, 2.75) is 19.6 Å². The molecule has 0 N–H and O–H groups in total. The average molecular weight is 333 g/mol. The fraction of sp³-hybridized carbons (Fsp3) is 0.412. The molecule has 2 aliphatic heterocycles. The number of nitrogens with zero attached hydrogens (tertiary/aromatic N) is 1. The van der Waals surface area contributed by atoms with Gasteiger partial charge in [-0.25, -0.2) is 9.59 Å². The fourth-order valence-corrected chi connectivity index (χ4v) is 3.45. The maximum atomic E-state index is 11.9. The highest BCUT2D eigenvalue weighted by atomic mass is 32.2. The van der Waals surface area contributed by atoms with Crippen LogP contribution in [0.2, 0.25) is 0 Å². The van der Waals surface area contributed by atoms with Gasteiger partial charge in [-0.15, -0.1) is 0 Å². The fourth-order valence-electron chi connectivity index (χ4n) is 2.55. The molecule has 23 heavy (non-hydrogen) atoms. The molecule has 6 heteroatoms. The highest BCUT2D eigenvalue weighted by Crippen LogP contribution is 2.25. The van der Waals surface area contributed by atoms with Crippen LogP contribution in [0.4, 0.5) is 5.69 Å². The summed E-state index contributed by atoms with van der Waals surface area (Å²) in [6.45, 7) is 5.15. The molecule has 2 fully saturated rings. The first kappa shape index (κ1) is 15.9. The number of anilines is 1. The summed E-state index contributed by atoms with van der Waals surface area (Å²) < 4.78 is 10.2. The summed E-state index contributed by atoms with van der Waals surface area (Å²) in [6, 6.07) is 7.80. The first-order valence-electron chi connectivity index (χ1n) is 7.56. The van der Waals surface area contributed by atoms with Crippen LogP contribution < -0.4 is 4.90 Å². The van der Waals surface area contributed by atoms with Crippen molar-refractivity contribution in [1.82, 2.24) is 0 Å². The molecule has 0 amide bonds. The minimum Gasteiger partial charge on any atom is -0.419 e. The molecule has 5 nitrogen and oxygen atoms in total. The summed E-state index contributed by atoms with van der Waals surface area (Å²) in [6.07, 6.45) is 1.51. The number of cyclic esters (lactones) is 2. The van der Waals surface area contributed by atoms with Crippen LogP contribution in [0.5, 0.6) is 0 Å². The number of rotatable bonds is 2. The van der Waals surface area contributed by atoms with Gasteiger partial charge in [-0.2, -0.15) is 11.8 Å². The van der Waals surface area contributed by atoms with E-state index in [1.165, 1.54) is 19.9 Å². The molecule has 0 bridgehead atoms. The first-order valence-corrected chi connectivity index (χ1v) is 8.71. The maximum Gasteiger partial charge on any atom is 0.348 e. The number of thioether (sulfide) groups is 1. The van der Waals surface area contributed by atoms with Crippen molar-refractivity contribution in [2.75, 3.05) is 29.5 Å². The van der Waals surface area contributed by atoms with E-state index in [9.17, 15) is 9.59 Å². The number of benzene rings is 1. The zero-order chi connectivity index (χ0) is 16.4. The van der Waals surface area contributed by atoms with Gasteiger partial charge in [0, 0.05) is 44.1 Å². The monoisotopic (exact) mass is 333 g/mol. The van der Waals surface area contributed by atoms with Crippen molar-refractivity contribution in [3.63, 3.8) is 0 Å². The summed E-state index contributed by atoms with van der Waals surface area (Å²) in [5, 5.41) is 0. The summed E-state index contributed by atoms with van der Waals surface area (Å²) in [5.74, 6) is -0.230. The highest BCUT2D eigenvalue weighted by Gasteiger charge is 2.38. The molecule has 0 atom stereocenters. The van der Waals surface area contributed by atoms with Crippen LogP contribution in [-0.4, -0.2) is 42.3 Å². The van der Waals surface area contributed by atoms with Crippen LogP contribution in [0.3, 0.4) is 0 Å². The molecule has 0 aliphatic carbocycles. The van der Waals surface area contributed by atoms with Gasteiger partial charge in [0.2, 0.25) is 0 Å². The molecule has 2 heterocycles. The van der Waals surface area contributed by atoms with Crippen molar-refractivity contribution in [3.05, 3.63) is 35.4 Å². The maximum absolute atomic E-state index is 11.9. The number of carbonyl (C=O) groups is 2. The van der Waals surface area contributed by atoms with Crippen LogP contribution in [0.15, 0.2) is 29.8 Å². The first-order chi connectivity index (χ1) is 10.9. The lowest BCUT2D eigenvalue weighted by molar-refractivity contribution is -0.222. The van der Waals surface area contributed by atoms with Gasteiger partial charge >= 0.3 is 11.9 Å². The molecule has 1 aromatic carbocycles. The average Bonchev–Trinajstić information content (AvgIpc) is 2.51. The number of esters is 2. The molecule has 122 valence electrons. The Morgan fingerprint density at radius 3 is 2.17 bits per heavy atom. The third-order valence-electron chi connectivity index (χ3n) is 3.70. The Labute approximate surface area is 139 Å². The zero-order valence-corrected chi connectivity index (χ0v) is 14.0. The smallest absolute Gasteiger partial charge is 0.348 e. The second-order valence-corrected chi connectivity index (χ2v) is 7.15. The number of hydrogen-bond donors (Lipinski definition) is 0. The third-order valence-corrected chi connectivity index (χ3v) is 4.64. The predicted octanol–water partition coefficient (Wildman–Crippen LogP) is 2.46. The molecular formula is C17H19NO4S. The van der Waals surface area contributed by atoms with E-state index in [0.717, 1.165) is 35.8 Å². The van der Waals surface area contributed by atoms with Gasteiger partial charge in [-0.05, 0) is 23.8 Å². The van der Waals surface area contributed by atoms with Crippen LogP contribution in [0, 0.1) is 0 Å². The van der Waals surface area contributed by atoms with Gasteiger partial charge in [0.1, 0.15) is 5.57 Å². The molecule has 0 saturated carbocycles. The Balaban J connectivity index is 1.77. The minimum atomic E-state index is -1.21. The molecule has 2 aliphatic rings. The number of carbonyl (C=O) groups excluding carboxylic acids is 2. The zero-order valence-electron chi connectivity index (χ0n) is 13.2. The molecule has 0 spiro atoms. The Hall–Kier alpha value is -1.95. The molecule has 0 radical (unpaired) electrons. The Bertz CT molecular complexity index is 623. The topological polar surface area (TPSA) is 55.8 Å². The van der Waals surface area contributed by atoms with E-state index >= 15 is 0 Å². The van der Waals surface area contributed by atoms with E-state index in [4.69, 9.17) is 9.47 Å². The molecule has 1 aromatic rings. The van der Waals surface area contributed by atoms with E-state index in [1.54, 1.807) is 0 Å². The third kappa shape index (κ3) is 3.69. The second-order valence-electron chi connectivity index (χ2n) is 5.93. The van der Waals surface area contributed by atoms with Gasteiger partial charge in [-0.1, -0.05) is 12.1 Å². The predicted molar refractivity (Wildman–Crippen MR) is 90.2 cm³/mol. The van der Waals surface area contributed by atoms with E-state index < -0.39 is 17.7 Å². The molecular weight excluding hydrogens is 314 g/mol. The Morgan fingerprint density at radius 2 is 1.61 bits per heavy atom. The van der Waals surface area contributed by atoms with Crippen molar-refractivity contribution < 1.29 is 19.1 Å². The van der Waals surface area contributed by atoms with Crippen LogP contribution in [0.1, 0.15) is 19.4 Å². The molecule has 0 unspecified atom stereocenters. The van der Waals surface area contributed by atoms with Gasteiger partial charge < -0.3 is 14.4 Å². The Kier molecular flexibility index (Phi) is 4.35. The normalized spacial score (nSPS) is 20.8. The van der Waals surface area contributed by atoms with Crippen LogP contribution in [0.25, 0.3) is 6.08 Å². The number of ether oxygens (including phenoxy) is 2. The van der Waals surface area contributed by atoms with Gasteiger partial charge in [0.05, 0.1) is 0 Å². The largest absolute Gasteiger partial charge is 0.419 e. The van der Waals surface area contributed by atoms with Gasteiger partial charge in [0.15, 0.2) is 0 Å². The Morgan fingerprint density at radius 1 is 1.04 bits per heavy atom. The summed E-state index contributed by atoms with van der Waals surface area (Å²) in [4.78, 5) is 26.2. The lowest BCUT2D eigenvalue weighted by Crippen LogP contribution is -2.41. The van der Waals surface area contributed by atoms with Crippen molar-refractivity contribution >= 4 is 35.5 Å². The van der Waals surface area contributed by atoms with E-state index in [0.29, 0.717) is 0 Å². The lowest BCUT2D eigenvalue weighted by atomic mass is 10.1. The second kappa shape index (κ2) is 6.28. The highest BCUT2D eigenvalue weighted by molar-refractivity contribution is 7.99. The van der Waals surface area contributed by atoms with Crippen molar-refractivity contribution in [1.29, 1.82) is 0 Å². The molecule has 2 saturated heterocycles. The number of hydrogen-bond acceptors (Lipinski definition) is 6. The van der Waals surface area contributed by atoms with Crippen molar-refractivity contribution in [2.24, 2.45) is 0 Å². The van der Waals surface area contributed by atoms with Gasteiger partial charge in [0.25, 0.3) is 5.79 Å². The van der Waals surface area contributed by atoms with E-state index in [2.05, 4.69) is 4.90 Å². The molecule has 3 rings (SSSR count). The van der Waals surface area contributed by atoms with Crippen LogP contribution in [-0.2, 0) is 19.1 Å². The lowest BCUT2D eigenvalue weighted by Gasteiger charge is -2.30. The standard InChI is InChI=1S/C17H19NO4S/c1-17(2)21-15(19)14(16(20)22-17)11-12-3-5-13(6-4-12)18-7-9-23-10-8-18/h3-6,11H,7-10H2,1-2H3. The SMILES string of the molecule is CC1(C)OC(=O)C(=Cc2ccc(N3CCSCC3)cc2)C(=O)O1. The summed E-state index contributed by atoms with van der Waals surface area (Å²) in [5.41, 5.74) is 1.84. The quantitative estimate of drug-likeness (QED) is 0.471. The van der Waals surface area contributed by atoms with E-state index in [-0.39, 0.29) is 5.57 Å². The molecule has 0 aromatic heterocycles. The summed E-state index contributed by atoms with van der Waals surface area (Å²) in [7, 11) is 0.